The number of fused-ring (bicyclic) bond motifs is 1. The van der Waals surface area contributed by atoms with Gasteiger partial charge in [0.2, 0.25) is 0 Å². The SMILES string of the molecule is CCN(CCO)C(=O)c1c(C)nc2ccc(Br)cn12. The maximum Gasteiger partial charge on any atom is 0.272 e. The smallest absolute Gasteiger partial charge is 0.272 e. The summed E-state index contributed by atoms with van der Waals surface area (Å²) in [5.41, 5.74) is 1.98. The van der Waals surface area contributed by atoms with Crippen molar-refractivity contribution >= 4 is 27.5 Å². The molecule has 2 heterocycles. The second-order valence-electron chi connectivity index (χ2n) is 4.23. The van der Waals surface area contributed by atoms with Crippen molar-refractivity contribution in [1.29, 1.82) is 0 Å². The van der Waals surface area contributed by atoms with E-state index in [4.69, 9.17) is 5.11 Å². The monoisotopic (exact) mass is 325 g/mol. The number of amides is 1. The fourth-order valence-corrected chi connectivity index (χ4v) is 2.40. The van der Waals surface area contributed by atoms with Gasteiger partial charge in [-0.15, -0.1) is 0 Å². The number of carbonyl (C=O) groups excluding carboxylic acids is 1. The van der Waals surface area contributed by atoms with Crippen molar-refractivity contribution in [2.45, 2.75) is 13.8 Å². The lowest BCUT2D eigenvalue weighted by atomic mass is 10.3. The summed E-state index contributed by atoms with van der Waals surface area (Å²) in [5, 5.41) is 9.02. The molecule has 19 heavy (non-hydrogen) atoms. The molecular formula is C13H16BrN3O2. The molecule has 6 heteroatoms. The Kier molecular flexibility index (Phi) is 4.21. The minimum atomic E-state index is -0.111. The maximum atomic E-state index is 12.5. The Morgan fingerprint density at radius 1 is 1.53 bits per heavy atom. The van der Waals surface area contributed by atoms with Gasteiger partial charge in [0.25, 0.3) is 5.91 Å². The van der Waals surface area contributed by atoms with Crippen LogP contribution in [-0.2, 0) is 0 Å². The molecule has 0 spiro atoms. The molecule has 0 aliphatic rings. The van der Waals surface area contributed by atoms with Gasteiger partial charge in [-0.3, -0.25) is 9.20 Å². The summed E-state index contributed by atoms with van der Waals surface area (Å²) in [6, 6.07) is 3.75. The van der Waals surface area contributed by atoms with Crippen molar-refractivity contribution < 1.29 is 9.90 Å². The van der Waals surface area contributed by atoms with Crippen molar-refractivity contribution in [2.75, 3.05) is 19.7 Å². The van der Waals surface area contributed by atoms with Gasteiger partial charge >= 0.3 is 0 Å². The van der Waals surface area contributed by atoms with Crippen LogP contribution in [-0.4, -0.2) is 45.0 Å². The highest BCUT2D eigenvalue weighted by molar-refractivity contribution is 9.10. The summed E-state index contributed by atoms with van der Waals surface area (Å²) < 4.78 is 2.67. The summed E-state index contributed by atoms with van der Waals surface area (Å²) in [6.45, 7) is 4.55. The molecule has 0 aromatic carbocycles. The third-order valence-corrected chi connectivity index (χ3v) is 3.47. The van der Waals surface area contributed by atoms with E-state index in [1.807, 2.05) is 32.2 Å². The molecule has 1 amide bonds. The number of aromatic nitrogens is 2. The Labute approximate surface area is 120 Å². The van der Waals surface area contributed by atoms with Gasteiger partial charge in [0, 0.05) is 23.8 Å². The molecule has 2 rings (SSSR count). The van der Waals surface area contributed by atoms with E-state index in [-0.39, 0.29) is 12.5 Å². The maximum absolute atomic E-state index is 12.5. The van der Waals surface area contributed by atoms with Crippen LogP contribution in [0.4, 0.5) is 0 Å². The van der Waals surface area contributed by atoms with E-state index in [1.54, 1.807) is 9.30 Å². The highest BCUT2D eigenvalue weighted by Crippen LogP contribution is 2.18. The van der Waals surface area contributed by atoms with Crippen molar-refractivity contribution in [1.82, 2.24) is 14.3 Å². The van der Waals surface area contributed by atoms with Crippen molar-refractivity contribution in [3.8, 4) is 0 Å². The van der Waals surface area contributed by atoms with Crippen LogP contribution in [0.3, 0.4) is 0 Å². The second-order valence-corrected chi connectivity index (χ2v) is 5.15. The number of imidazole rings is 1. The van der Waals surface area contributed by atoms with E-state index in [0.717, 1.165) is 10.1 Å². The number of nitrogens with zero attached hydrogens (tertiary/aromatic N) is 3. The number of halogens is 1. The van der Waals surface area contributed by atoms with E-state index >= 15 is 0 Å². The van der Waals surface area contributed by atoms with Crippen LogP contribution in [0, 0.1) is 6.92 Å². The molecule has 102 valence electrons. The van der Waals surface area contributed by atoms with Gasteiger partial charge in [-0.25, -0.2) is 4.98 Å². The van der Waals surface area contributed by atoms with Crippen molar-refractivity contribution in [2.24, 2.45) is 0 Å². The predicted molar refractivity (Wildman–Crippen MR) is 76.3 cm³/mol. The first-order valence-electron chi connectivity index (χ1n) is 6.12. The second kappa shape index (κ2) is 5.71. The number of aliphatic hydroxyl groups is 1. The van der Waals surface area contributed by atoms with Crippen LogP contribution in [0.5, 0.6) is 0 Å². The number of aliphatic hydroxyl groups excluding tert-OH is 1. The van der Waals surface area contributed by atoms with Gasteiger partial charge in [-0.2, -0.15) is 0 Å². The van der Waals surface area contributed by atoms with E-state index in [1.165, 1.54) is 0 Å². The minimum Gasteiger partial charge on any atom is -0.395 e. The summed E-state index contributed by atoms with van der Waals surface area (Å²) in [5.74, 6) is -0.111. The molecule has 0 radical (unpaired) electrons. The lowest BCUT2D eigenvalue weighted by Crippen LogP contribution is -2.34. The number of pyridine rings is 1. The topological polar surface area (TPSA) is 57.8 Å². The van der Waals surface area contributed by atoms with Crippen LogP contribution in [0.25, 0.3) is 5.65 Å². The first kappa shape index (κ1) is 14.0. The zero-order valence-electron chi connectivity index (χ0n) is 10.9. The molecule has 0 unspecified atom stereocenters. The number of likely N-dealkylation sites (N-methyl/N-ethyl adjacent to an activating group) is 1. The number of hydrogen-bond donors (Lipinski definition) is 1. The first-order valence-corrected chi connectivity index (χ1v) is 6.92. The average molecular weight is 326 g/mol. The van der Waals surface area contributed by atoms with Crippen molar-refractivity contribution in [3.05, 3.63) is 34.2 Å². The van der Waals surface area contributed by atoms with Crippen molar-refractivity contribution in [3.63, 3.8) is 0 Å². The Bertz CT molecular complexity index is 609. The predicted octanol–water partition coefficient (Wildman–Crippen LogP) is 1.86. The van der Waals surface area contributed by atoms with Crippen LogP contribution in [0.2, 0.25) is 0 Å². The molecule has 0 fully saturated rings. The molecule has 0 bridgehead atoms. The zero-order valence-corrected chi connectivity index (χ0v) is 12.5. The quantitative estimate of drug-likeness (QED) is 0.933. The molecule has 2 aromatic heterocycles. The number of aryl methyl sites for hydroxylation is 1. The summed E-state index contributed by atoms with van der Waals surface area (Å²) >= 11 is 3.40. The number of hydrogen-bond acceptors (Lipinski definition) is 3. The zero-order chi connectivity index (χ0) is 14.0. The highest BCUT2D eigenvalue weighted by atomic mass is 79.9. The van der Waals surface area contributed by atoms with Gasteiger partial charge in [-0.05, 0) is 41.9 Å². The van der Waals surface area contributed by atoms with Crippen LogP contribution >= 0.6 is 15.9 Å². The summed E-state index contributed by atoms with van der Waals surface area (Å²) in [4.78, 5) is 18.5. The van der Waals surface area contributed by atoms with Crippen LogP contribution < -0.4 is 0 Å². The fraction of sp³-hybridized carbons (Fsp3) is 0.385. The lowest BCUT2D eigenvalue weighted by molar-refractivity contribution is 0.0724. The lowest BCUT2D eigenvalue weighted by Gasteiger charge is -2.19. The standard InChI is InChI=1S/C13H16BrN3O2/c1-3-16(6-7-18)13(19)12-9(2)15-11-5-4-10(14)8-17(11)12/h4-5,8,18H,3,6-7H2,1-2H3. The van der Waals surface area contributed by atoms with E-state index in [2.05, 4.69) is 20.9 Å². The summed E-state index contributed by atoms with van der Waals surface area (Å²) in [7, 11) is 0. The van der Waals surface area contributed by atoms with E-state index in [9.17, 15) is 4.79 Å². The molecule has 0 saturated carbocycles. The van der Waals surface area contributed by atoms with Crippen LogP contribution in [0.1, 0.15) is 23.1 Å². The van der Waals surface area contributed by atoms with Gasteiger partial charge in [0.15, 0.2) is 0 Å². The Hall–Kier alpha value is -1.40. The molecule has 0 aliphatic heterocycles. The molecule has 1 N–H and O–H groups in total. The first-order chi connectivity index (χ1) is 9.08. The fourth-order valence-electron chi connectivity index (χ4n) is 2.07. The third kappa shape index (κ3) is 2.64. The van der Waals surface area contributed by atoms with E-state index < -0.39 is 0 Å². The number of rotatable bonds is 4. The Morgan fingerprint density at radius 3 is 2.89 bits per heavy atom. The molecule has 2 aromatic rings. The van der Waals surface area contributed by atoms with Gasteiger partial charge < -0.3 is 10.0 Å². The minimum absolute atomic E-state index is 0.0426. The third-order valence-electron chi connectivity index (χ3n) is 3.00. The summed E-state index contributed by atoms with van der Waals surface area (Å²) in [6.07, 6.45) is 1.83. The molecule has 0 aliphatic carbocycles. The largest absolute Gasteiger partial charge is 0.395 e. The average Bonchev–Trinajstić information content (AvgIpc) is 2.70. The molecule has 0 atom stereocenters. The highest BCUT2D eigenvalue weighted by Gasteiger charge is 2.21. The van der Waals surface area contributed by atoms with Gasteiger partial charge in [0.1, 0.15) is 11.3 Å². The Morgan fingerprint density at radius 2 is 2.26 bits per heavy atom. The molecule has 0 saturated heterocycles. The van der Waals surface area contributed by atoms with Gasteiger partial charge in [0.05, 0.1) is 12.3 Å². The van der Waals surface area contributed by atoms with Crippen LogP contribution in [0.15, 0.2) is 22.8 Å². The molecule has 5 nitrogen and oxygen atoms in total. The number of carbonyl (C=O) groups is 1. The van der Waals surface area contributed by atoms with Gasteiger partial charge in [-0.1, -0.05) is 0 Å². The van der Waals surface area contributed by atoms with E-state index in [0.29, 0.717) is 24.5 Å². The Balaban J connectivity index is 2.51. The molecular weight excluding hydrogens is 310 g/mol. The normalized spacial score (nSPS) is 10.9.